The molecule has 10 aromatic carbocycles. The van der Waals surface area contributed by atoms with Gasteiger partial charge in [0.1, 0.15) is 0 Å². The first-order valence-corrected chi connectivity index (χ1v) is 20.1. The van der Waals surface area contributed by atoms with Crippen molar-refractivity contribution in [2.75, 3.05) is 0 Å². The van der Waals surface area contributed by atoms with Crippen LogP contribution in [0.2, 0.25) is 0 Å². The van der Waals surface area contributed by atoms with E-state index in [9.17, 15) is 0 Å². The molecule has 12 rings (SSSR count). The van der Waals surface area contributed by atoms with Crippen LogP contribution in [-0.2, 0) is 0 Å². The zero-order chi connectivity index (χ0) is 35.3. The minimum atomic E-state index is 1.24. The summed E-state index contributed by atoms with van der Waals surface area (Å²) in [6.07, 6.45) is 0. The Hall–Kier alpha value is -6.32. The average molecular weight is 719 g/mol. The third-order valence-corrected chi connectivity index (χ3v) is 13.7. The van der Waals surface area contributed by atoms with Crippen molar-refractivity contribution < 1.29 is 0 Å². The van der Waals surface area contributed by atoms with Crippen LogP contribution in [0.1, 0.15) is 0 Å². The fourth-order valence-corrected chi connectivity index (χ4v) is 11.6. The highest BCUT2D eigenvalue weighted by atomic mass is 32.1. The molecule has 0 spiro atoms. The second-order valence-corrected chi connectivity index (χ2v) is 16.4. The highest BCUT2D eigenvalue weighted by Crippen LogP contribution is 2.51. The topological polar surface area (TPSA) is 0 Å². The number of fused-ring (bicyclic) bond motifs is 12. The van der Waals surface area contributed by atoms with E-state index in [-0.39, 0.29) is 0 Å². The molecule has 0 saturated carbocycles. The lowest BCUT2D eigenvalue weighted by Crippen LogP contribution is -1.92. The Balaban J connectivity index is 1.15. The SMILES string of the molecule is c1cc(-c2c3ccccc3c(-c3cccc4ccccc34)c3ccccc23)cc(-c2cc3sc4ccc5ccccc5c4c3c3c2sc2ccccc23)c1. The highest BCUT2D eigenvalue weighted by molar-refractivity contribution is 7.28. The third kappa shape index (κ3) is 4.30. The van der Waals surface area contributed by atoms with Crippen molar-refractivity contribution in [3.8, 4) is 33.4 Å². The molecule has 0 radical (unpaired) electrons. The Labute approximate surface area is 319 Å². The summed E-state index contributed by atoms with van der Waals surface area (Å²) >= 11 is 3.85. The molecule has 2 heteroatoms. The fraction of sp³-hybridized carbons (Fsp3) is 0. The van der Waals surface area contributed by atoms with Crippen molar-refractivity contribution in [3.05, 3.63) is 182 Å². The number of thiophene rings is 2. The van der Waals surface area contributed by atoms with Gasteiger partial charge in [0.05, 0.1) is 0 Å². The molecule has 0 nitrogen and oxygen atoms in total. The van der Waals surface area contributed by atoms with Gasteiger partial charge < -0.3 is 0 Å². The molecule has 0 amide bonds. The smallest absolute Gasteiger partial charge is 0.0441 e. The first-order chi connectivity index (χ1) is 26.8. The van der Waals surface area contributed by atoms with E-state index in [0.717, 1.165) is 0 Å². The summed E-state index contributed by atoms with van der Waals surface area (Å²) in [7, 11) is 0. The molecule has 0 aliphatic heterocycles. The molecular weight excluding hydrogens is 689 g/mol. The summed E-state index contributed by atoms with van der Waals surface area (Å²) in [5.41, 5.74) is 7.65. The van der Waals surface area contributed by atoms with Gasteiger partial charge in [0.25, 0.3) is 0 Å². The molecule has 0 N–H and O–H groups in total. The first kappa shape index (κ1) is 30.2. The van der Waals surface area contributed by atoms with E-state index in [2.05, 4.69) is 182 Å². The molecule has 2 aromatic heterocycles. The fourth-order valence-electron chi connectivity index (χ4n) is 9.15. The van der Waals surface area contributed by atoms with Crippen LogP contribution in [0.15, 0.2) is 182 Å². The third-order valence-electron chi connectivity index (χ3n) is 11.4. The molecule has 12 aromatic rings. The summed E-state index contributed by atoms with van der Waals surface area (Å²) < 4.78 is 5.37. The Morgan fingerprint density at radius 1 is 0.278 bits per heavy atom. The van der Waals surface area contributed by atoms with Gasteiger partial charge in [0.15, 0.2) is 0 Å². The van der Waals surface area contributed by atoms with E-state index < -0.39 is 0 Å². The quantitative estimate of drug-likeness (QED) is 0.160. The number of rotatable bonds is 3. The van der Waals surface area contributed by atoms with E-state index in [0.29, 0.717) is 0 Å². The summed E-state index contributed by atoms with van der Waals surface area (Å²) in [6.45, 7) is 0. The van der Waals surface area contributed by atoms with Crippen LogP contribution in [-0.4, -0.2) is 0 Å². The zero-order valence-electron chi connectivity index (χ0n) is 29.1. The van der Waals surface area contributed by atoms with Gasteiger partial charge in [0, 0.05) is 45.9 Å². The van der Waals surface area contributed by atoms with Crippen molar-refractivity contribution in [3.63, 3.8) is 0 Å². The maximum atomic E-state index is 2.48. The maximum Gasteiger partial charge on any atom is 0.0441 e. The molecule has 0 saturated heterocycles. The Morgan fingerprint density at radius 2 is 0.852 bits per heavy atom. The molecular formula is C52H30S2. The lowest BCUT2D eigenvalue weighted by molar-refractivity contribution is 1.65. The average Bonchev–Trinajstić information content (AvgIpc) is 3.81. The molecule has 0 bridgehead atoms. The van der Waals surface area contributed by atoms with Crippen molar-refractivity contribution in [1.82, 2.24) is 0 Å². The summed E-state index contributed by atoms with van der Waals surface area (Å²) in [5, 5.41) is 15.8. The number of hydrogen-bond donors (Lipinski definition) is 0. The molecule has 54 heavy (non-hydrogen) atoms. The van der Waals surface area contributed by atoms with Crippen LogP contribution in [0, 0.1) is 0 Å². The molecule has 250 valence electrons. The first-order valence-electron chi connectivity index (χ1n) is 18.5. The van der Waals surface area contributed by atoms with Crippen molar-refractivity contribution in [1.29, 1.82) is 0 Å². The van der Waals surface area contributed by atoms with E-state index >= 15 is 0 Å². The second kappa shape index (κ2) is 11.6. The highest BCUT2D eigenvalue weighted by Gasteiger charge is 2.21. The van der Waals surface area contributed by atoms with Crippen LogP contribution in [0.4, 0.5) is 0 Å². The van der Waals surface area contributed by atoms with Crippen LogP contribution in [0.3, 0.4) is 0 Å². The number of benzene rings is 10. The monoisotopic (exact) mass is 718 g/mol. The predicted molar refractivity (Wildman–Crippen MR) is 239 cm³/mol. The summed E-state index contributed by atoms with van der Waals surface area (Å²) in [4.78, 5) is 0. The Morgan fingerprint density at radius 3 is 1.61 bits per heavy atom. The molecule has 0 aliphatic rings. The van der Waals surface area contributed by atoms with Gasteiger partial charge >= 0.3 is 0 Å². The predicted octanol–water partition coefficient (Wildman–Crippen LogP) is 16.0. The number of hydrogen-bond acceptors (Lipinski definition) is 2. The van der Waals surface area contributed by atoms with Crippen LogP contribution in [0.25, 0.3) is 117 Å². The van der Waals surface area contributed by atoms with E-state index in [1.807, 2.05) is 22.7 Å². The van der Waals surface area contributed by atoms with Gasteiger partial charge in [-0.1, -0.05) is 158 Å². The van der Waals surface area contributed by atoms with Crippen molar-refractivity contribution in [2.24, 2.45) is 0 Å². The van der Waals surface area contributed by atoms with Crippen LogP contribution >= 0.6 is 22.7 Å². The van der Waals surface area contributed by atoms with E-state index in [4.69, 9.17) is 0 Å². The van der Waals surface area contributed by atoms with Gasteiger partial charge in [-0.2, -0.15) is 0 Å². The Bertz CT molecular complexity index is 3440. The molecule has 0 fully saturated rings. The van der Waals surface area contributed by atoms with Crippen molar-refractivity contribution >= 4 is 106 Å². The molecule has 0 unspecified atom stereocenters. The lowest BCUT2D eigenvalue weighted by Gasteiger charge is -2.19. The van der Waals surface area contributed by atoms with Crippen molar-refractivity contribution in [2.45, 2.75) is 0 Å². The standard InChI is InChI=1S/C52H30S2/c1-3-18-35-31(13-1)15-12-25-37(35)48-40-22-7-5-20-38(40)47(39-21-6-8-23-41(39)48)34-17-11-16-33(29-34)43-30-46-51(50-42-24-9-10-26-44(42)54-52(43)50)49-36-19-4-2-14-32(36)27-28-45(49)53-46/h1-30H. The second-order valence-electron chi connectivity index (χ2n) is 14.3. The normalized spacial score (nSPS) is 12.1. The van der Waals surface area contributed by atoms with Crippen LogP contribution in [0.5, 0.6) is 0 Å². The van der Waals surface area contributed by atoms with Gasteiger partial charge in [-0.3, -0.25) is 0 Å². The van der Waals surface area contributed by atoms with Gasteiger partial charge in [0.2, 0.25) is 0 Å². The zero-order valence-corrected chi connectivity index (χ0v) is 30.8. The van der Waals surface area contributed by atoms with Crippen LogP contribution < -0.4 is 0 Å². The summed E-state index contributed by atoms with van der Waals surface area (Å²) in [6, 6.07) is 67.7. The maximum absolute atomic E-state index is 2.48. The largest absolute Gasteiger partial charge is 0.135 e. The Kier molecular flexibility index (Phi) is 6.48. The summed E-state index contributed by atoms with van der Waals surface area (Å²) in [5.74, 6) is 0. The van der Waals surface area contributed by atoms with Gasteiger partial charge in [-0.25, -0.2) is 0 Å². The molecule has 0 atom stereocenters. The molecule has 2 heterocycles. The minimum absolute atomic E-state index is 1.24. The van der Waals surface area contributed by atoms with Gasteiger partial charge in [-0.15, -0.1) is 22.7 Å². The lowest BCUT2D eigenvalue weighted by atomic mass is 9.84. The van der Waals surface area contributed by atoms with E-state index in [1.54, 1.807) is 0 Å². The van der Waals surface area contributed by atoms with E-state index in [1.165, 1.54) is 117 Å². The van der Waals surface area contributed by atoms with Gasteiger partial charge in [-0.05, 0) is 95.2 Å². The minimum Gasteiger partial charge on any atom is -0.135 e. The molecule has 0 aliphatic carbocycles.